The third-order valence-corrected chi connectivity index (χ3v) is 6.03. The van der Waals surface area contributed by atoms with Crippen LogP contribution in [0.4, 0.5) is 5.95 Å². The molecule has 0 aromatic carbocycles. The number of piperazine rings is 1. The summed E-state index contributed by atoms with van der Waals surface area (Å²) in [7, 11) is 1.33. The number of nitrogens with one attached hydrogen (secondary N) is 1. The molecule has 0 radical (unpaired) electrons. The number of aromatic nitrogens is 2. The van der Waals surface area contributed by atoms with Gasteiger partial charge in [0, 0.05) is 50.7 Å². The monoisotopic (exact) mass is 539 g/mol. The van der Waals surface area contributed by atoms with Crippen molar-refractivity contribution in [2.45, 2.75) is 56.7 Å². The molecule has 1 aromatic rings. The number of esters is 1. The molecule has 3 rings (SSSR count). The van der Waals surface area contributed by atoms with Crippen molar-refractivity contribution in [3.8, 4) is 0 Å². The molecule has 1 amide bonds. The average molecular weight is 540 g/mol. The normalized spacial score (nSPS) is 18.0. The van der Waals surface area contributed by atoms with Crippen LogP contribution in [0, 0.1) is 0 Å². The Balaban J connectivity index is 0.000000332. The van der Waals surface area contributed by atoms with Crippen LogP contribution in [0.25, 0.3) is 0 Å². The minimum atomic E-state index is -2.74. The quantitative estimate of drug-likeness (QED) is 0.227. The highest BCUT2D eigenvalue weighted by Gasteiger charge is 2.40. The SMILES string of the molecule is COC(=O)CC1C(=O)NCCN1Cc1cnc(N2CCCCC2)nc1.O=C(O)CC(O)(CC(=O)O)C(=O)O. The summed E-state index contributed by atoms with van der Waals surface area (Å²) in [5.41, 5.74) is -1.80. The van der Waals surface area contributed by atoms with E-state index in [9.17, 15) is 24.0 Å². The van der Waals surface area contributed by atoms with E-state index < -0.39 is 42.4 Å². The maximum Gasteiger partial charge on any atom is 0.336 e. The van der Waals surface area contributed by atoms with Crippen molar-refractivity contribution < 1.29 is 49.1 Å². The van der Waals surface area contributed by atoms with Gasteiger partial charge in [-0.15, -0.1) is 0 Å². The van der Waals surface area contributed by atoms with E-state index in [4.69, 9.17) is 25.2 Å². The van der Waals surface area contributed by atoms with Crippen LogP contribution in [0.3, 0.4) is 0 Å². The van der Waals surface area contributed by atoms with Gasteiger partial charge in [0.15, 0.2) is 5.60 Å². The zero-order valence-corrected chi connectivity index (χ0v) is 21.0. The summed E-state index contributed by atoms with van der Waals surface area (Å²) in [5.74, 6) is -4.77. The largest absolute Gasteiger partial charge is 0.481 e. The summed E-state index contributed by atoms with van der Waals surface area (Å²) >= 11 is 0. The number of aliphatic hydroxyl groups is 1. The number of carboxylic acids is 3. The Labute approximate surface area is 218 Å². The van der Waals surface area contributed by atoms with Crippen LogP contribution < -0.4 is 10.2 Å². The lowest BCUT2D eigenvalue weighted by molar-refractivity contribution is -0.170. The smallest absolute Gasteiger partial charge is 0.336 e. The lowest BCUT2D eigenvalue weighted by Crippen LogP contribution is -2.55. The molecule has 210 valence electrons. The van der Waals surface area contributed by atoms with Crippen LogP contribution in [0.15, 0.2) is 12.4 Å². The minimum absolute atomic E-state index is 0.0506. The number of nitrogens with zero attached hydrogens (tertiary/aromatic N) is 4. The second-order valence-electron chi connectivity index (χ2n) is 8.97. The highest BCUT2D eigenvalue weighted by molar-refractivity contribution is 5.88. The van der Waals surface area contributed by atoms with E-state index in [2.05, 4.69) is 20.2 Å². The van der Waals surface area contributed by atoms with Gasteiger partial charge in [-0.05, 0) is 19.3 Å². The molecule has 2 saturated heterocycles. The number of ether oxygens (including phenoxy) is 1. The van der Waals surface area contributed by atoms with E-state index >= 15 is 0 Å². The molecule has 38 heavy (non-hydrogen) atoms. The van der Waals surface area contributed by atoms with E-state index in [0.29, 0.717) is 19.6 Å². The Hall–Kier alpha value is -3.85. The number of carbonyl (C=O) groups excluding carboxylic acids is 2. The minimum Gasteiger partial charge on any atom is -0.481 e. The number of methoxy groups -OCH3 is 1. The van der Waals surface area contributed by atoms with Crippen molar-refractivity contribution in [1.29, 1.82) is 0 Å². The fourth-order valence-corrected chi connectivity index (χ4v) is 4.05. The number of rotatable bonds is 10. The highest BCUT2D eigenvalue weighted by atomic mass is 16.5. The van der Waals surface area contributed by atoms with Gasteiger partial charge in [0.1, 0.15) is 6.04 Å². The number of hydrogen-bond acceptors (Lipinski definition) is 11. The van der Waals surface area contributed by atoms with Crippen molar-refractivity contribution in [2.75, 3.05) is 38.2 Å². The van der Waals surface area contributed by atoms with E-state index in [1.54, 1.807) is 0 Å². The zero-order chi connectivity index (χ0) is 28.3. The predicted molar refractivity (Wildman–Crippen MR) is 129 cm³/mol. The lowest BCUT2D eigenvalue weighted by Gasteiger charge is -2.34. The summed E-state index contributed by atoms with van der Waals surface area (Å²) in [6.07, 6.45) is 5.04. The first-order valence-electron chi connectivity index (χ1n) is 12.0. The average Bonchev–Trinajstić information content (AvgIpc) is 2.86. The molecule has 0 saturated carbocycles. The van der Waals surface area contributed by atoms with Gasteiger partial charge in [0.25, 0.3) is 0 Å². The first kappa shape index (κ1) is 30.4. The second kappa shape index (κ2) is 14.2. The standard InChI is InChI=1S/C17H25N5O3.C6H8O7/c1-25-15(23)9-14-16(24)18-5-8-22(14)12-13-10-19-17(20-11-13)21-6-3-2-4-7-21;7-3(8)1-6(13,5(11)12)2-4(9)10/h10-11,14H,2-9,12H2,1H3,(H,18,24);13H,1-2H2,(H,7,8)(H,9,10)(H,11,12). The van der Waals surface area contributed by atoms with Crippen LogP contribution in [0.5, 0.6) is 0 Å². The third-order valence-electron chi connectivity index (χ3n) is 6.03. The number of carboxylic acid groups (broad SMARTS) is 3. The van der Waals surface area contributed by atoms with Gasteiger partial charge in [0.05, 0.1) is 26.4 Å². The van der Waals surface area contributed by atoms with Gasteiger partial charge >= 0.3 is 23.9 Å². The molecular formula is C23H33N5O10. The van der Waals surface area contributed by atoms with Crippen molar-refractivity contribution in [2.24, 2.45) is 0 Å². The molecule has 3 heterocycles. The Morgan fingerprint density at radius 3 is 2.11 bits per heavy atom. The number of carbonyl (C=O) groups is 5. The van der Waals surface area contributed by atoms with Crippen molar-refractivity contribution in [1.82, 2.24) is 20.2 Å². The Morgan fingerprint density at radius 1 is 1.03 bits per heavy atom. The lowest BCUT2D eigenvalue weighted by atomic mass is 9.96. The van der Waals surface area contributed by atoms with E-state index in [0.717, 1.165) is 24.6 Å². The summed E-state index contributed by atoms with van der Waals surface area (Å²) in [5, 5.41) is 36.6. The molecule has 5 N–H and O–H groups in total. The van der Waals surface area contributed by atoms with E-state index in [1.807, 2.05) is 17.3 Å². The van der Waals surface area contributed by atoms with E-state index in [-0.39, 0.29) is 18.3 Å². The second-order valence-corrected chi connectivity index (χ2v) is 8.97. The van der Waals surface area contributed by atoms with Crippen LogP contribution in [0.2, 0.25) is 0 Å². The number of hydrogen-bond donors (Lipinski definition) is 5. The van der Waals surface area contributed by atoms with Crippen LogP contribution in [-0.2, 0) is 35.3 Å². The highest BCUT2D eigenvalue weighted by Crippen LogP contribution is 2.18. The molecule has 1 atom stereocenters. The molecular weight excluding hydrogens is 506 g/mol. The maximum atomic E-state index is 12.1. The maximum absolute atomic E-state index is 12.1. The van der Waals surface area contributed by atoms with Gasteiger partial charge in [-0.1, -0.05) is 0 Å². The van der Waals surface area contributed by atoms with Crippen LogP contribution in [-0.4, -0.2) is 110 Å². The Morgan fingerprint density at radius 2 is 1.61 bits per heavy atom. The molecule has 15 nitrogen and oxygen atoms in total. The molecule has 2 aliphatic heterocycles. The summed E-state index contributed by atoms with van der Waals surface area (Å²) in [6, 6.07) is -0.511. The van der Waals surface area contributed by atoms with Gasteiger partial charge in [0.2, 0.25) is 11.9 Å². The number of amides is 1. The zero-order valence-electron chi connectivity index (χ0n) is 21.0. The fourth-order valence-electron chi connectivity index (χ4n) is 4.05. The molecule has 2 fully saturated rings. The topological polar surface area (TPSA) is 220 Å². The molecule has 0 bridgehead atoms. The van der Waals surface area contributed by atoms with Crippen LogP contribution >= 0.6 is 0 Å². The van der Waals surface area contributed by atoms with Crippen LogP contribution in [0.1, 0.15) is 44.1 Å². The summed E-state index contributed by atoms with van der Waals surface area (Å²) < 4.78 is 4.71. The number of anilines is 1. The molecule has 1 aromatic heterocycles. The number of piperidine rings is 1. The van der Waals surface area contributed by atoms with Crippen molar-refractivity contribution in [3.05, 3.63) is 18.0 Å². The molecule has 0 spiro atoms. The molecule has 0 aliphatic carbocycles. The molecule has 15 heteroatoms. The predicted octanol–water partition coefficient (Wildman–Crippen LogP) is -0.918. The van der Waals surface area contributed by atoms with Crippen molar-refractivity contribution >= 4 is 35.7 Å². The number of aliphatic carboxylic acids is 3. The fraction of sp³-hybridized carbons (Fsp3) is 0.609. The van der Waals surface area contributed by atoms with Gasteiger partial charge in [-0.2, -0.15) is 0 Å². The van der Waals surface area contributed by atoms with Gasteiger partial charge < -0.3 is 35.4 Å². The third kappa shape index (κ3) is 9.23. The van der Waals surface area contributed by atoms with Gasteiger partial charge in [-0.25, -0.2) is 14.8 Å². The summed E-state index contributed by atoms with van der Waals surface area (Å²) in [4.78, 5) is 67.3. The Bertz CT molecular complexity index is 981. The van der Waals surface area contributed by atoms with E-state index in [1.165, 1.54) is 26.4 Å². The van der Waals surface area contributed by atoms with Crippen molar-refractivity contribution in [3.63, 3.8) is 0 Å². The first-order chi connectivity index (χ1) is 17.9. The first-order valence-corrected chi connectivity index (χ1v) is 12.0. The summed E-state index contributed by atoms with van der Waals surface area (Å²) in [6.45, 7) is 3.81. The molecule has 2 aliphatic rings. The Kier molecular flexibility index (Phi) is 11.3. The van der Waals surface area contributed by atoms with Gasteiger partial charge in [-0.3, -0.25) is 24.1 Å². The molecule has 1 unspecified atom stereocenters.